The van der Waals surface area contributed by atoms with Gasteiger partial charge in [0.2, 0.25) is 0 Å². The minimum atomic E-state index is -0.769. The summed E-state index contributed by atoms with van der Waals surface area (Å²) in [6.45, 7) is 0.135. The van der Waals surface area contributed by atoms with Crippen molar-refractivity contribution < 1.29 is 9.90 Å². The summed E-state index contributed by atoms with van der Waals surface area (Å²) >= 11 is 0. The predicted molar refractivity (Wildman–Crippen MR) is 33.7 cm³/mol. The van der Waals surface area contributed by atoms with E-state index in [1.165, 1.54) is 0 Å². The fourth-order valence-corrected chi connectivity index (χ4v) is 0.343. The first-order valence-corrected chi connectivity index (χ1v) is 2.57. The number of carbonyl (C=O) groups is 1. The quantitative estimate of drug-likeness (QED) is 0.459. The van der Waals surface area contributed by atoms with Gasteiger partial charge in [-0.2, -0.15) is 0 Å². The molecule has 0 unspecified atom stereocenters. The van der Waals surface area contributed by atoms with E-state index in [1.807, 2.05) is 7.85 Å². The second-order valence-corrected chi connectivity index (χ2v) is 1.72. The van der Waals surface area contributed by atoms with Gasteiger partial charge < -0.3 is 10.0 Å². The molecule has 0 rings (SSSR count). The van der Waals surface area contributed by atoms with Crippen molar-refractivity contribution in [3.05, 3.63) is 0 Å². The van der Waals surface area contributed by atoms with E-state index in [4.69, 9.17) is 5.11 Å². The Balaban J connectivity index is 3.24. The van der Waals surface area contributed by atoms with E-state index >= 15 is 0 Å². The van der Waals surface area contributed by atoms with Gasteiger partial charge in [0, 0.05) is 0 Å². The Hall–Kier alpha value is -0.505. The van der Waals surface area contributed by atoms with Crippen LogP contribution < -0.4 is 0 Å². The Bertz CT molecular complexity index is 86.1. The van der Waals surface area contributed by atoms with Crippen molar-refractivity contribution in [2.24, 2.45) is 0 Å². The third kappa shape index (κ3) is 3.68. The van der Waals surface area contributed by atoms with Crippen molar-refractivity contribution >= 4 is 13.8 Å². The number of aliphatic carboxylic acids is 1. The summed E-state index contributed by atoms with van der Waals surface area (Å²) in [6.07, 6.45) is 0.784. The Kier molecular flexibility index (Phi) is 3.27. The van der Waals surface area contributed by atoms with E-state index in [-0.39, 0.29) is 6.54 Å². The smallest absolute Gasteiger partial charge is 0.317 e. The van der Waals surface area contributed by atoms with E-state index in [1.54, 1.807) is 11.9 Å². The van der Waals surface area contributed by atoms with Gasteiger partial charge in [-0.15, -0.1) is 0 Å². The number of nitrogens with zero attached hydrogens (tertiary/aromatic N) is 1. The Morgan fingerprint density at radius 3 is 2.50 bits per heavy atom. The Morgan fingerprint density at radius 1 is 1.88 bits per heavy atom. The molecular formula is C4H10BNO2. The molecule has 46 valence electrons. The van der Waals surface area contributed by atoms with Crippen LogP contribution in [-0.4, -0.2) is 43.9 Å². The molecule has 0 saturated carbocycles. The molecule has 0 aromatic rings. The largest absolute Gasteiger partial charge is 0.480 e. The lowest BCUT2D eigenvalue weighted by Crippen LogP contribution is -2.26. The average Bonchev–Trinajstić information content (AvgIpc) is 1.65. The lowest BCUT2D eigenvalue weighted by Gasteiger charge is -2.08. The number of carboxylic acid groups (broad SMARTS) is 1. The minimum absolute atomic E-state index is 0.135. The molecule has 0 bridgehead atoms. The standard InChI is InChI=1S/C4H10BNO2/c1-6(3-5)2-4(7)8/h2-3,5H2,1H3,(H,7,8). The first-order chi connectivity index (χ1) is 3.66. The van der Waals surface area contributed by atoms with Crippen molar-refractivity contribution in [1.29, 1.82) is 0 Å². The van der Waals surface area contributed by atoms with Crippen LogP contribution in [0, 0.1) is 0 Å². The van der Waals surface area contributed by atoms with Gasteiger partial charge in [0.1, 0.15) is 7.85 Å². The van der Waals surface area contributed by atoms with Gasteiger partial charge in [0.15, 0.2) is 0 Å². The molecule has 0 amide bonds. The molecule has 0 aliphatic heterocycles. The molecule has 8 heavy (non-hydrogen) atoms. The van der Waals surface area contributed by atoms with Crippen LogP contribution in [0.4, 0.5) is 0 Å². The van der Waals surface area contributed by atoms with E-state index in [9.17, 15) is 4.79 Å². The maximum absolute atomic E-state index is 9.93. The highest BCUT2D eigenvalue weighted by Gasteiger charge is 1.98. The van der Waals surface area contributed by atoms with Gasteiger partial charge in [-0.3, -0.25) is 4.79 Å². The third-order valence-electron chi connectivity index (χ3n) is 0.945. The van der Waals surface area contributed by atoms with Crippen LogP contribution in [0.3, 0.4) is 0 Å². The van der Waals surface area contributed by atoms with Gasteiger partial charge in [-0.05, 0) is 13.5 Å². The number of carboxylic acids is 1. The summed E-state index contributed by atoms with van der Waals surface area (Å²) in [6, 6.07) is 0. The van der Waals surface area contributed by atoms with Crippen molar-refractivity contribution in [2.75, 3.05) is 20.0 Å². The fourth-order valence-electron chi connectivity index (χ4n) is 0.343. The molecule has 1 N–H and O–H groups in total. The van der Waals surface area contributed by atoms with E-state index in [0.29, 0.717) is 0 Å². The van der Waals surface area contributed by atoms with E-state index in [0.717, 1.165) is 6.44 Å². The van der Waals surface area contributed by atoms with Crippen LogP contribution in [-0.2, 0) is 4.79 Å². The fraction of sp³-hybridized carbons (Fsp3) is 0.750. The van der Waals surface area contributed by atoms with Crippen LogP contribution in [0.25, 0.3) is 0 Å². The first-order valence-electron chi connectivity index (χ1n) is 2.57. The maximum atomic E-state index is 9.93. The highest BCUT2D eigenvalue weighted by molar-refractivity contribution is 6.08. The number of hydrogen-bond acceptors (Lipinski definition) is 2. The molecule has 0 spiro atoms. The SMILES string of the molecule is BCN(C)CC(=O)O. The number of hydrogen-bond donors (Lipinski definition) is 1. The topological polar surface area (TPSA) is 40.5 Å². The van der Waals surface area contributed by atoms with Crippen LogP contribution in [0.5, 0.6) is 0 Å². The van der Waals surface area contributed by atoms with Gasteiger partial charge in [0.05, 0.1) is 6.54 Å². The molecule has 0 aliphatic carbocycles. The zero-order valence-corrected chi connectivity index (χ0v) is 5.22. The van der Waals surface area contributed by atoms with Crippen LogP contribution in [0.1, 0.15) is 0 Å². The molecule has 0 saturated heterocycles. The van der Waals surface area contributed by atoms with Crippen LogP contribution in [0.2, 0.25) is 0 Å². The molecule has 0 aliphatic rings. The molecule has 0 heterocycles. The summed E-state index contributed by atoms with van der Waals surface area (Å²) in [5, 5.41) is 8.17. The van der Waals surface area contributed by atoms with Gasteiger partial charge in [-0.1, -0.05) is 0 Å². The number of rotatable bonds is 3. The predicted octanol–water partition coefficient (Wildman–Crippen LogP) is -1.41. The third-order valence-corrected chi connectivity index (χ3v) is 0.945. The maximum Gasteiger partial charge on any atom is 0.317 e. The zero-order chi connectivity index (χ0) is 6.57. The molecule has 0 fully saturated rings. The normalized spacial score (nSPS) is 9.75. The average molecular weight is 115 g/mol. The summed E-state index contributed by atoms with van der Waals surface area (Å²) in [7, 11) is 3.69. The van der Waals surface area contributed by atoms with E-state index < -0.39 is 5.97 Å². The first kappa shape index (κ1) is 7.49. The van der Waals surface area contributed by atoms with Gasteiger partial charge in [-0.25, -0.2) is 0 Å². The Labute approximate surface area is 49.7 Å². The van der Waals surface area contributed by atoms with Crippen molar-refractivity contribution in [3.8, 4) is 0 Å². The lowest BCUT2D eigenvalue weighted by molar-refractivity contribution is -0.137. The highest BCUT2D eigenvalue weighted by Crippen LogP contribution is 1.75. The van der Waals surface area contributed by atoms with Crippen molar-refractivity contribution in [1.82, 2.24) is 4.90 Å². The summed E-state index contributed by atoms with van der Waals surface area (Å²) in [4.78, 5) is 11.7. The molecular weight excluding hydrogens is 105 g/mol. The molecule has 0 aromatic heterocycles. The van der Waals surface area contributed by atoms with Crippen molar-refractivity contribution in [2.45, 2.75) is 0 Å². The molecule has 0 atom stereocenters. The second kappa shape index (κ2) is 3.49. The lowest BCUT2D eigenvalue weighted by atomic mass is 10.1. The molecule has 4 heteroatoms. The molecule has 0 radical (unpaired) electrons. The highest BCUT2D eigenvalue weighted by atomic mass is 16.4. The molecule has 3 nitrogen and oxygen atoms in total. The number of likely N-dealkylation sites (N-methyl/N-ethyl adjacent to an activating group) is 1. The summed E-state index contributed by atoms with van der Waals surface area (Å²) in [5.41, 5.74) is 0. The van der Waals surface area contributed by atoms with Gasteiger partial charge >= 0.3 is 5.97 Å². The summed E-state index contributed by atoms with van der Waals surface area (Å²) in [5.74, 6) is -0.769. The van der Waals surface area contributed by atoms with Crippen LogP contribution in [0.15, 0.2) is 0 Å². The minimum Gasteiger partial charge on any atom is -0.480 e. The monoisotopic (exact) mass is 115 g/mol. The second-order valence-electron chi connectivity index (χ2n) is 1.72. The summed E-state index contributed by atoms with van der Waals surface area (Å²) < 4.78 is 0. The van der Waals surface area contributed by atoms with Gasteiger partial charge in [0.25, 0.3) is 0 Å². The zero-order valence-electron chi connectivity index (χ0n) is 5.22. The van der Waals surface area contributed by atoms with Crippen molar-refractivity contribution in [3.63, 3.8) is 0 Å². The molecule has 0 aromatic carbocycles. The van der Waals surface area contributed by atoms with E-state index in [2.05, 4.69) is 0 Å². The van der Waals surface area contributed by atoms with Crippen LogP contribution >= 0.6 is 0 Å². The Morgan fingerprint density at radius 2 is 2.38 bits per heavy atom.